The summed E-state index contributed by atoms with van der Waals surface area (Å²) in [5, 5.41) is 1.27. The van der Waals surface area contributed by atoms with Crippen molar-refractivity contribution in [3.8, 4) is 0 Å². The molecule has 2 nitrogen and oxygen atoms in total. The molecule has 0 bridgehead atoms. The smallest absolute Gasteiger partial charge is 0.200 e. The molecular weight excluding hydrogens is 244 g/mol. The Labute approximate surface area is 102 Å². The maximum absolute atomic E-state index is 12.0. The first-order chi connectivity index (χ1) is 7.36. The predicted octanol–water partition coefficient (Wildman–Crippen LogP) is 2.94. The van der Waals surface area contributed by atoms with Crippen molar-refractivity contribution in [2.24, 2.45) is 0 Å². The van der Waals surface area contributed by atoms with Crippen LogP contribution in [0.4, 0.5) is 0 Å². The average molecular weight is 252 g/mol. The van der Waals surface area contributed by atoms with Crippen LogP contribution in [0.2, 0.25) is 0 Å². The van der Waals surface area contributed by atoms with Gasteiger partial charge in [0.1, 0.15) is 11.2 Å². The molecule has 0 aliphatic rings. The van der Waals surface area contributed by atoms with Crippen LogP contribution in [0.3, 0.4) is 0 Å². The zero-order valence-electron chi connectivity index (χ0n) is 8.29. The van der Waals surface area contributed by atoms with Crippen molar-refractivity contribution in [1.29, 1.82) is 0 Å². The van der Waals surface area contributed by atoms with E-state index in [9.17, 15) is 4.79 Å². The summed E-state index contributed by atoms with van der Waals surface area (Å²) < 4.78 is 5.63. The van der Waals surface area contributed by atoms with Crippen LogP contribution in [-0.2, 0) is 17.1 Å². The van der Waals surface area contributed by atoms with Gasteiger partial charge in [-0.25, -0.2) is 0 Å². The van der Waals surface area contributed by atoms with Gasteiger partial charge in [-0.3, -0.25) is 4.79 Å². The summed E-state index contributed by atoms with van der Waals surface area (Å²) in [6.45, 7) is 0. The molecule has 0 aliphatic heterocycles. The fourth-order valence-electron chi connectivity index (χ4n) is 1.75. The minimum Gasteiger partial charge on any atom is -0.456 e. The SMILES string of the molecule is O=c1c2ccccc2oc2ccccc12.[Fe]. The molecule has 1 aromatic heterocycles. The van der Waals surface area contributed by atoms with Crippen LogP contribution < -0.4 is 5.43 Å². The molecule has 16 heavy (non-hydrogen) atoms. The quantitative estimate of drug-likeness (QED) is 0.454. The monoisotopic (exact) mass is 252 g/mol. The van der Waals surface area contributed by atoms with E-state index >= 15 is 0 Å². The Balaban J connectivity index is 0.000000963. The van der Waals surface area contributed by atoms with Crippen LogP contribution in [0, 0.1) is 0 Å². The van der Waals surface area contributed by atoms with E-state index < -0.39 is 0 Å². The summed E-state index contributed by atoms with van der Waals surface area (Å²) >= 11 is 0. The summed E-state index contributed by atoms with van der Waals surface area (Å²) in [6.07, 6.45) is 0. The molecule has 80 valence electrons. The van der Waals surface area contributed by atoms with E-state index in [4.69, 9.17) is 4.42 Å². The van der Waals surface area contributed by atoms with E-state index in [-0.39, 0.29) is 22.5 Å². The minimum absolute atomic E-state index is 0. The zero-order valence-corrected chi connectivity index (χ0v) is 9.39. The molecule has 0 unspecified atom stereocenters. The number of fused-ring (bicyclic) bond motifs is 2. The van der Waals surface area contributed by atoms with E-state index in [0.29, 0.717) is 21.9 Å². The third kappa shape index (κ3) is 1.54. The predicted molar refractivity (Wildman–Crippen MR) is 60.0 cm³/mol. The third-order valence-corrected chi connectivity index (χ3v) is 2.48. The Hall–Kier alpha value is -1.57. The Kier molecular flexibility index (Phi) is 2.82. The molecule has 3 heteroatoms. The van der Waals surface area contributed by atoms with Gasteiger partial charge in [0.15, 0.2) is 0 Å². The van der Waals surface area contributed by atoms with E-state index in [0.717, 1.165) is 0 Å². The van der Waals surface area contributed by atoms with Crippen LogP contribution in [0.25, 0.3) is 21.9 Å². The number of hydrogen-bond donors (Lipinski definition) is 0. The Morgan fingerprint density at radius 2 is 1.19 bits per heavy atom. The van der Waals surface area contributed by atoms with E-state index in [1.54, 1.807) is 12.1 Å². The molecule has 3 aromatic rings. The van der Waals surface area contributed by atoms with Gasteiger partial charge in [0.2, 0.25) is 5.43 Å². The van der Waals surface area contributed by atoms with Crippen LogP contribution >= 0.6 is 0 Å². The van der Waals surface area contributed by atoms with Crippen LogP contribution in [-0.4, -0.2) is 0 Å². The van der Waals surface area contributed by atoms with Gasteiger partial charge in [-0.2, -0.15) is 0 Å². The summed E-state index contributed by atoms with van der Waals surface area (Å²) in [7, 11) is 0. The standard InChI is InChI=1S/C13H8O2.Fe/c14-13-9-5-1-3-7-11(9)15-12-8-4-2-6-10(12)13;/h1-8H;. The molecule has 2 aromatic carbocycles. The van der Waals surface area contributed by atoms with Crippen molar-refractivity contribution in [3.05, 3.63) is 58.8 Å². The van der Waals surface area contributed by atoms with Gasteiger partial charge in [0.25, 0.3) is 0 Å². The number of para-hydroxylation sites is 2. The fraction of sp³-hybridized carbons (Fsp3) is 0. The first kappa shape index (κ1) is 10.9. The molecule has 0 saturated heterocycles. The van der Waals surface area contributed by atoms with Gasteiger partial charge in [-0.15, -0.1) is 0 Å². The van der Waals surface area contributed by atoms with E-state index in [1.807, 2.05) is 36.4 Å². The van der Waals surface area contributed by atoms with Crippen LogP contribution in [0.15, 0.2) is 57.7 Å². The molecule has 0 saturated carbocycles. The Morgan fingerprint density at radius 1 is 0.750 bits per heavy atom. The molecule has 3 rings (SSSR count). The molecule has 1 heterocycles. The van der Waals surface area contributed by atoms with Gasteiger partial charge in [0.05, 0.1) is 10.8 Å². The fourth-order valence-corrected chi connectivity index (χ4v) is 1.75. The molecule has 0 fully saturated rings. The van der Waals surface area contributed by atoms with Crippen molar-refractivity contribution >= 4 is 21.9 Å². The average Bonchev–Trinajstić information content (AvgIpc) is 2.30. The van der Waals surface area contributed by atoms with Gasteiger partial charge in [0, 0.05) is 17.1 Å². The van der Waals surface area contributed by atoms with Gasteiger partial charge >= 0.3 is 0 Å². The van der Waals surface area contributed by atoms with Crippen LogP contribution in [0.1, 0.15) is 0 Å². The van der Waals surface area contributed by atoms with E-state index in [2.05, 4.69) is 0 Å². The number of rotatable bonds is 0. The Morgan fingerprint density at radius 3 is 1.69 bits per heavy atom. The molecule has 0 amide bonds. The van der Waals surface area contributed by atoms with E-state index in [1.165, 1.54) is 0 Å². The maximum Gasteiger partial charge on any atom is 0.200 e. The number of hydrogen-bond acceptors (Lipinski definition) is 2. The van der Waals surface area contributed by atoms with Crippen molar-refractivity contribution in [2.45, 2.75) is 0 Å². The van der Waals surface area contributed by atoms with Gasteiger partial charge < -0.3 is 4.42 Å². The maximum atomic E-state index is 12.0. The minimum atomic E-state index is 0. The molecule has 0 atom stereocenters. The van der Waals surface area contributed by atoms with Crippen molar-refractivity contribution < 1.29 is 21.5 Å². The molecule has 0 radical (unpaired) electrons. The van der Waals surface area contributed by atoms with Gasteiger partial charge in [-0.1, -0.05) is 24.3 Å². The largest absolute Gasteiger partial charge is 0.456 e. The second-order valence-corrected chi connectivity index (χ2v) is 3.42. The van der Waals surface area contributed by atoms with Crippen molar-refractivity contribution in [2.75, 3.05) is 0 Å². The van der Waals surface area contributed by atoms with Crippen LogP contribution in [0.5, 0.6) is 0 Å². The summed E-state index contributed by atoms with van der Waals surface area (Å²) in [4.78, 5) is 12.0. The molecule has 0 N–H and O–H groups in total. The summed E-state index contributed by atoms with van der Waals surface area (Å²) in [5.74, 6) is 0. The molecule has 0 spiro atoms. The zero-order chi connectivity index (χ0) is 10.3. The van der Waals surface area contributed by atoms with Gasteiger partial charge in [-0.05, 0) is 24.3 Å². The first-order valence-electron chi connectivity index (χ1n) is 4.77. The molecule has 0 aliphatic carbocycles. The Bertz CT molecular complexity index is 644. The second-order valence-electron chi connectivity index (χ2n) is 3.42. The first-order valence-corrected chi connectivity index (χ1v) is 4.77. The summed E-state index contributed by atoms with van der Waals surface area (Å²) in [6, 6.07) is 14.6. The van der Waals surface area contributed by atoms with Crippen molar-refractivity contribution in [3.63, 3.8) is 0 Å². The summed E-state index contributed by atoms with van der Waals surface area (Å²) in [5.41, 5.74) is 1.31. The number of benzene rings is 2. The normalized spacial score (nSPS) is 10.2. The third-order valence-electron chi connectivity index (χ3n) is 2.48. The topological polar surface area (TPSA) is 30.2 Å². The second kappa shape index (κ2) is 4.12. The molecular formula is C13H8FeO2. The van der Waals surface area contributed by atoms with Crippen molar-refractivity contribution in [1.82, 2.24) is 0 Å².